The van der Waals surface area contributed by atoms with Crippen LogP contribution in [0.15, 0.2) is 0 Å². The lowest BCUT2D eigenvalue weighted by Gasteiger charge is -2.25. The predicted molar refractivity (Wildman–Crippen MR) is 52.8 cm³/mol. The van der Waals surface area contributed by atoms with Crippen LogP contribution in [0.4, 0.5) is 0 Å². The second kappa shape index (κ2) is 4.35. The summed E-state index contributed by atoms with van der Waals surface area (Å²) in [5, 5.41) is 0. The zero-order valence-corrected chi connectivity index (χ0v) is 9.38. The molecule has 0 aliphatic rings. The van der Waals surface area contributed by atoms with Crippen LogP contribution in [-0.4, -0.2) is 36.5 Å². The van der Waals surface area contributed by atoms with Gasteiger partial charge in [-0.1, -0.05) is 0 Å². The largest absolute Gasteiger partial charge is 0.348 e. The Morgan fingerprint density at radius 1 is 1.14 bits per heavy atom. The Balaban J connectivity index is 4.69. The highest BCUT2D eigenvalue weighted by Crippen LogP contribution is 2.21. The van der Waals surface area contributed by atoms with Gasteiger partial charge in [0.1, 0.15) is 11.2 Å². The van der Waals surface area contributed by atoms with E-state index in [2.05, 4.69) is 0 Å². The van der Waals surface area contributed by atoms with E-state index in [4.69, 9.17) is 0 Å². The van der Waals surface area contributed by atoms with Gasteiger partial charge < -0.3 is 4.90 Å². The predicted octanol–water partition coefficient (Wildman–Crippen LogP) is 0.649. The van der Waals surface area contributed by atoms with Crippen molar-refractivity contribution in [3.05, 3.63) is 0 Å². The monoisotopic (exact) mass is 199 g/mol. The molecular weight excluding hydrogens is 182 g/mol. The minimum Gasteiger partial charge on any atom is -0.348 e. The molecule has 0 aromatic rings. The fraction of sp³-hybridized carbons (Fsp3) is 0.700. The van der Waals surface area contributed by atoms with E-state index in [9.17, 15) is 14.4 Å². The van der Waals surface area contributed by atoms with E-state index >= 15 is 0 Å². The van der Waals surface area contributed by atoms with Gasteiger partial charge in [0.25, 0.3) is 0 Å². The highest BCUT2D eigenvalue weighted by molar-refractivity contribution is 6.11. The maximum absolute atomic E-state index is 11.6. The number of hydrogen-bond acceptors (Lipinski definition) is 3. The minimum atomic E-state index is -1.10. The summed E-state index contributed by atoms with van der Waals surface area (Å²) in [4.78, 5) is 35.2. The lowest BCUT2D eigenvalue weighted by molar-refractivity contribution is -0.146. The van der Waals surface area contributed by atoms with Crippen molar-refractivity contribution >= 4 is 17.5 Å². The van der Waals surface area contributed by atoms with Gasteiger partial charge in [0.2, 0.25) is 5.91 Å². The lowest BCUT2D eigenvalue weighted by atomic mass is 9.84. The van der Waals surface area contributed by atoms with E-state index < -0.39 is 5.41 Å². The summed E-state index contributed by atoms with van der Waals surface area (Å²) in [6, 6.07) is 0. The van der Waals surface area contributed by atoms with Crippen LogP contribution < -0.4 is 0 Å². The maximum Gasteiger partial charge on any atom is 0.235 e. The molecule has 0 heterocycles. The Morgan fingerprint density at radius 2 is 1.57 bits per heavy atom. The van der Waals surface area contributed by atoms with Crippen LogP contribution in [-0.2, 0) is 14.4 Å². The van der Waals surface area contributed by atoms with Crippen molar-refractivity contribution < 1.29 is 14.4 Å². The van der Waals surface area contributed by atoms with E-state index in [0.717, 1.165) is 0 Å². The van der Waals surface area contributed by atoms with Crippen LogP contribution in [0.5, 0.6) is 0 Å². The summed E-state index contributed by atoms with van der Waals surface area (Å²) in [5.74, 6) is -0.818. The molecule has 80 valence electrons. The first kappa shape index (κ1) is 12.8. The molecule has 0 saturated carbocycles. The molecular formula is C10H17NO3. The topological polar surface area (TPSA) is 54.5 Å². The normalized spacial score (nSPS) is 10.9. The summed E-state index contributed by atoms with van der Waals surface area (Å²) in [6.45, 7) is 4.43. The highest BCUT2D eigenvalue weighted by Gasteiger charge is 2.36. The van der Waals surface area contributed by atoms with Gasteiger partial charge in [-0.15, -0.1) is 0 Å². The van der Waals surface area contributed by atoms with Gasteiger partial charge in [-0.25, -0.2) is 0 Å². The third-order valence-corrected chi connectivity index (χ3v) is 2.05. The number of hydrogen-bond donors (Lipinski definition) is 0. The van der Waals surface area contributed by atoms with Gasteiger partial charge in [0.05, 0.1) is 6.42 Å². The van der Waals surface area contributed by atoms with Gasteiger partial charge >= 0.3 is 0 Å². The van der Waals surface area contributed by atoms with Crippen LogP contribution >= 0.6 is 0 Å². The SMILES string of the molecule is CC(=O)CC(=O)C(C)(C)C(=O)N(C)C. The molecule has 0 radical (unpaired) electrons. The first-order valence-electron chi connectivity index (χ1n) is 4.44. The van der Waals surface area contributed by atoms with Gasteiger partial charge in [0, 0.05) is 14.1 Å². The standard InChI is InChI=1S/C10H17NO3/c1-7(12)6-8(13)10(2,3)9(14)11(4)5/h6H2,1-5H3. The first-order chi connectivity index (χ1) is 6.19. The van der Waals surface area contributed by atoms with Crippen molar-refractivity contribution in [2.24, 2.45) is 5.41 Å². The van der Waals surface area contributed by atoms with E-state index in [0.29, 0.717) is 0 Å². The van der Waals surface area contributed by atoms with Crippen molar-refractivity contribution in [3.8, 4) is 0 Å². The molecule has 0 spiro atoms. The van der Waals surface area contributed by atoms with Gasteiger partial charge in [-0.3, -0.25) is 14.4 Å². The van der Waals surface area contributed by atoms with Crippen LogP contribution in [0.3, 0.4) is 0 Å². The molecule has 0 fully saturated rings. The Morgan fingerprint density at radius 3 is 1.86 bits per heavy atom. The number of amides is 1. The van der Waals surface area contributed by atoms with Crippen LogP contribution in [0.25, 0.3) is 0 Å². The maximum atomic E-state index is 11.6. The molecule has 0 atom stereocenters. The van der Waals surface area contributed by atoms with E-state index in [1.165, 1.54) is 11.8 Å². The van der Waals surface area contributed by atoms with Crippen molar-refractivity contribution in [2.45, 2.75) is 27.2 Å². The number of Topliss-reactive ketones (excluding diaryl/α,β-unsaturated/α-hetero) is 2. The molecule has 0 aliphatic carbocycles. The third-order valence-electron chi connectivity index (χ3n) is 2.05. The van der Waals surface area contributed by atoms with Crippen molar-refractivity contribution in [1.82, 2.24) is 4.90 Å². The second-order valence-electron chi connectivity index (χ2n) is 4.13. The van der Waals surface area contributed by atoms with E-state index in [1.807, 2.05) is 0 Å². The third kappa shape index (κ3) is 2.94. The Kier molecular flexibility index (Phi) is 3.98. The molecule has 0 aromatic carbocycles. The van der Waals surface area contributed by atoms with Crippen LogP contribution in [0.2, 0.25) is 0 Å². The lowest BCUT2D eigenvalue weighted by Crippen LogP contribution is -2.42. The minimum absolute atomic E-state index is 0.174. The molecule has 1 amide bonds. The quantitative estimate of drug-likeness (QED) is 0.625. The Labute approximate surface area is 84.3 Å². The molecule has 0 unspecified atom stereocenters. The highest BCUT2D eigenvalue weighted by atomic mass is 16.2. The van der Waals surface area contributed by atoms with Crippen LogP contribution in [0.1, 0.15) is 27.2 Å². The molecule has 0 bridgehead atoms. The average Bonchev–Trinajstić information content (AvgIpc) is 2.01. The fourth-order valence-electron chi connectivity index (χ4n) is 1.13. The van der Waals surface area contributed by atoms with Gasteiger partial charge in [-0.2, -0.15) is 0 Å². The van der Waals surface area contributed by atoms with Crippen LogP contribution in [0, 0.1) is 5.41 Å². The molecule has 0 aliphatic heterocycles. The average molecular weight is 199 g/mol. The molecule has 0 rings (SSSR count). The molecule has 14 heavy (non-hydrogen) atoms. The zero-order chi connectivity index (χ0) is 11.5. The molecule has 4 heteroatoms. The number of carbonyl (C=O) groups excluding carboxylic acids is 3. The fourth-order valence-corrected chi connectivity index (χ4v) is 1.13. The molecule has 0 N–H and O–H groups in total. The zero-order valence-electron chi connectivity index (χ0n) is 9.38. The van der Waals surface area contributed by atoms with Crippen molar-refractivity contribution in [3.63, 3.8) is 0 Å². The molecule has 4 nitrogen and oxygen atoms in total. The summed E-state index contributed by atoms with van der Waals surface area (Å²) >= 11 is 0. The van der Waals surface area contributed by atoms with Gasteiger partial charge in [-0.05, 0) is 20.8 Å². The number of carbonyl (C=O) groups is 3. The number of nitrogens with zero attached hydrogens (tertiary/aromatic N) is 1. The van der Waals surface area contributed by atoms with Crippen molar-refractivity contribution in [1.29, 1.82) is 0 Å². The molecule has 0 saturated heterocycles. The smallest absolute Gasteiger partial charge is 0.235 e. The summed E-state index contributed by atoms with van der Waals surface area (Å²) < 4.78 is 0. The number of rotatable bonds is 4. The van der Waals surface area contributed by atoms with Crippen molar-refractivity contribution in [2.75, 3.05) is 14.1 Å². The van der Waals surface area contributed by atoms with E-state index in [-0.39, 0.29) is 23.9 Å². The molecule has 0 aromatic heterocycles. The number of ketones is 2. The van der Waals surface area contributed by atoms with E-state index in [1.54, 1.807) is 27.9 Å². The first-order valence-corrected chi connectivity index (χ1v) is 4.44. The summed E-state index contributed by atoms with van der Waals surface area (Å²) in [7, 11) is 3.18. The van der Waals surface area contributed by atoms with Gasteiger partial charge in [0.15, 0.2) is 5.78 Å². The summed E-state index contributed by atoms with van der Waals surface area (Å²) in [6.07, 6.45) is -0.174. The Hall–Kier alpha value is -1.19. The second-order valence-corrected chi connectivity index (χ2v) is 4.13. The Bertz CT molecular complexity index is 267. The summed E-state index contributed by atoms with van der Waals surface area (Å²) in [5.41, 5.74) is -1.10.